The van der Waals surface area contributed by atoms with Crippen molar-refractivity contribution in [2.24, 2.45) is 0 Å². The van der Waals surface area contributed by atoms with E-state index in [2.05, 4.69) is 15.3 Å². The molecule has 5 heteroatoms. The lowest BCUT2D eigenvalue weighted by Gasteiger charge is -2.09. The Morgan fingerprint density at radius 3 is 2.69 bits per heavy atom. The predicted octanol–water partition coefficient (Wildman–Crippen LogP) is 5.11. The van der Waals surface area contributed by atoms with E-state index in [1.54, 1.807) is 6.20 Å². The first-order valence-electron chi connectivity index (χ1n) is 9.40. The Kier molecular flexibility index (Phi) is 4.06. The zero-order valence-corrected chi connectivity index (χ0v) is 15.8. The van der Waals surface area contributed by atoms with Gasteiger partial charge in [-0.15, -0.1) is 0 Å². The van der Waals surface area contributed by atoms with Crippen LogP contribution in [0, 0.1) is 6.92 Å². The van der Waals surface area contributed by atoms with Gasteiger partial charge in [0.2, 0.25) is 5.78 Å². The van der Waals surface area contributed by atoms with Crippen LogP contribution in [0.4, 0.5) is 5.69 Å². The Morgan fingerprint density at radius 2 is 1.79 bits per heavy atom. The summed E-state index contributed by atoms with van der Waals surface area (Å²) in [4.78, 5) is 21.9. The van der Waals surface area contributed by atoms with Gasteiger partial charge in [0.25, 0.3) is 5.91 Å². The van der Waals surface area contributed by atoms with Crippen molar-refractivity contribution in [1.82, 2.24) is 14.4 Å². The number of amides is 1. The Balaban J connectivity index is 1.50. The van der Waals surface area contributed by atoms with E-state index in [0.717, 1.165) is 33.4 Å². The van der Waals surface area contributed by atoms with Crippen molar-refractivity contribution < 1.29 is 4.79 Å². The molecule has 5 nitrogen and oxygen atoms in total. The van der Waals surface area contributed by atoms with E-state index in [0.29, 0.717) is 11.3 Å². The molecule has 3 aromatic carbocycles. The number of anilines is 1. The average Bonchev–Trinajstić information content (AvgIpc) is 3.10. The molecule has 0 spiro atoms. The summed E-state index contributed by atoms with van der Waals surface area (Å²) in [6.07, 6.45) is 3.67. The number of rotatable bonds is 3. The number of hydrogen-bond acceptors (Lipinski definition) is 3. The van der Waals surface area contributed by atoms with E-state index in [9.17, 15) is 4.79 Å². The van der Waals surface area contributed by atoms with Crippen molar-refractivity contribution >= 4 is 28.1 Å². The maximum Gasteiger partial charge on any atom is 0.256 e. The van der Waals surface area contributed by atoms with E-state index >= 15 is 0 Å². The van der Waals surface area contributed by atoms with Crippen LogP contribution in [0.5, 0.6) is 0 Å². The van der Waals surface area contributed by atoms with Gasteiger partial charge in [0.1, 0.15) is 0 Å². The third-order valence-electron chi connectivity index (χ3n) is 5.07. The highest BCUT2D eigenvalue weighted by Crippen LogP contribution is 2.26. The second kappa shape index (κ2) is 6.87. The zero-order valence-electron chi connectivity index (χ0n) is 15.8. The Hall–Kier alpha value is -3.99. The number of nitrogens with zero attached hydrogens (tertiary/aromatic N) is 3. The molecule has 1 N–H and O–H groups in total. The molecule has 2 aromatic heterocycles. The minimum atomic E-state index is -0.132. The van der Waals surface area contributed by atoms with Crippen LogP contribution in [0.1, 0.15) is 16.1 Å². The maximum absolute atomic E-state index is 12.9. The third-order valence-corrected chi connectivity index (χ3v) is 5.07. The van der Waals surface area contributed by atoms with Crippen LogP contribution < -0.4 is 5.32 Å². The van der Waals surface area contributed by atoms with Crippen LogP contribution in [-0.2, 0) is 0 Å². The molecular weight excluding hydrogens is 360 g/mol. The minimum absolute atomic E-state index is 0.132. The standard InChI is InChI=1S/C24H18N4O/c1-16-22(27-24-25-13-6-14-28(16)24)18-9-4-10-19(15-18)26-23(29)21-12-5-8-17-7-2-3-11-20(17)21/h2-15H,1H3,(H,26,29). The molecule has 5 aromatic rings. The van der Waals surface area contributed by atoms with E-state index in [1.807, 2.05) is 90.3 Å². The lowest BCUT2D eigenvalue weighted by atomic mass is 10.0. The molecule has 0 atom stereocenters. The van der Waals surface area contributed by atoms with Gasteiger partial charge in [0.15, 0.2) is 0 Å². The molecule has 5 rings (SSSR count). The van der Waals surface area contributed by atoms with Gasteiger partial charge in [0.05, 0.1) is 5.69 Å². The largest absolute Gasteiger partial charge is 0.322 e. The van der Waals surface area contributed by atoms with Gasteiger partial charge >= 0.3 is 0 Å². The van der Waals surface area contributed by atoms with Gasteiger partial charge in [0, 0.05) is 34.9 Å². The summed E-state index contributed by atoms with van der Waals surface area (Å²) in [5, 5.41) is 5.00. The number of fused-ring (bicyclic) bond motifs is 2. The summed E-state index contributed by atoms with van der Waals surface area (Å²) in [5.74, 6) is 0.525. The van der Waals surface area contributed by atoms with Gasteiger partial charge in [-0.1, -0.05) is 48.5 Å². The summed E-state index contributed by atoms with van der Waals surface area (Å²) in [6.45, 7) is 2.01. The summed E-state index contributed by atoms with van der Waals surface area (Å²) >= 11 is 0. The average molecular weight is 378 g/mol. The zero-order chi connectivity index (χ0) is 19.8. The van der Waals surface area contributed by atoms with Gasteiger partial charge in [-0.2, -0.15) is 0 Å². The van der Waals surface area contributed by atoms with Crippen LogP contribution in [0.3, 0.4) is 0 Å². The van der Waals surface area contributed by atoms with Gasteiger partial charge < -0.3 is 5.32 Å². The van der Waals surface area contributed by atoms with Crippen LogP contribution in [0.15, 0.2) is 85.2 Å². The van der Waals surface area contributed by atoms with E-state index in [1.165, 1.54) is 0 Å². The molecule has 0 aliphatic carbocycles. The highest BCUT2D eigenvalue weighted by Gasteiger charge is 2.13. The Morgan fingerprint density at radius 1 is 0.966 bits per heavy atom. The maximum atomic E-state index is 12.9. The Labute approximate surface area is 167 Å². The smallest absolute Gasteiger partial charge is 0.256 e. The van der Waals surface area contributed by atoms with Crippen LogP contribution >= 0.6 is 0 Å². The monoisotopic (exact) mass is 378 g/mol. The number of hydrogen-bond donors (Lipinski definition) is 1. The predicted molar refractivity (Wildman–Crippen MR) is 115 cm³/mol. The van der Waals surface area contributed by atoms with E-state index in [4.69, 9.17) is 0 Å². The molecule has 0 saturated heterocycles. The first kappa shape index (κ1) is 17.1. The normalized spacial score (nSPS) is 11.1. The molecule has 0 saturated carbocycles. The lowest BCUT2D eigenvalue weighted by molar-refractivity contribution is 0.102. The number of imidazole rings is 1. The number of benzene rings is 3. The molecule has 2 heterocycles. The molecule has 0 aliphatic heterocycles. The second-order valence-electron chi connectivity index (χ2n) is 6.90. The molecular formula is C24H18N4O. The molecule has 0 fully saturated rings. The first-order chi connectivity index (χ1) is 14.2. The Bertz CT molecular complexity index is 1360. The molecule has 0 radical (unpaired) electrons. The number of aromatic nitrogens is 3. The minimum Gasteiger partial charge on any atom is -0.322 e. The number of nitrogens with one attached hydrogen (secondary N) is 1. The first-order valence-corrected chi connectivity index (χ1v) is 9.40. The summed E-state index contributed by atoms with van der Waals surface area (Å²) in [5.41, 5.74) is 4.17. The topological polar surface area (TPSA) is 59.3 Å². The molecule has 29 heavy (non-hydrogen) atoms. The van der Waals surface area contributed by atoms with E-state index in [-0.39, 0.29) is 5.91 Å². The summed E-state index contributed by atoms with van der Waals surface area (Å²) in [7, 11) is 0. The fourth-order valence-electron chi connectivity index (χ4n) is 3.64. The highest BCUT2D eigenvalue weighted by atomic mass is 16.1. The third kappa shape index (κ3) is 3.02. The van der Waals surface area contributed by atoms with Crippen LogP contribution in [-0.4, -0.2) is 20.3 Å². The van der Waals surface area contributed by atoms with Gasteiger partial charge in [-0.05, 0) is 42.0 Å². The fraction of sp³-hybridized carbons (Fsp3) is 0.0417. The molecule has 0 aliphatic rings. The van der Waals surface area contributed by atoms with Crippen molar-refractivity contribution in [3.8, 4) is 11.3 Å². The van der Waals surface area contributed by atoms with Crippen molar-refractivity contribution in [3.63, 3.8) is 0 Å². The number of aryl methyl sites for hydroxylation is 1. The van der Waals surface area contributed by atoms with Gasteiger partial charge in [-0.3, -0.25) is 9.20 Å². The highest BCUT2D eigenvalue weighted by molar-refractivity contribution is 6.13. The molecule has 0 unspecified atom stereocenters. The van der Waals surface area contributed by atoms with Crippen molar-refractivity contribution in [3.05, 3.63) is 96.4 Å². The van der Waals surface area contributed by atoms with E-state index < -0.39 is 0 Å². The number of carbonyl (C=O) groups is 1. The molecule has 1 amide bonds. The van der Waals surface area contributed by atoms with Crippen LogP contribution in [0.25, 0.3) is 27.8 Å². The van der Waals surface area contributed by atoms with Crippen molar-refractivity contribution in [1.29, 1.82) is 0 Å². The van der Waals surface area contributed by atoms with Gasteiger partial charge in [-0.25, -0.2) is 9.97 Å². The fourth-order valence-corrected chi connectivity index (χ4v) is 3.64. The summed E-state index contributed by atoms with van der Waals surface area (Å²) < 4.78 is 1.96. The van der Waals surface area contributed by atoms with Crippen molar-refractivity contribution in [2.75, 3.05) is 5.32 Å². The summed E-state index contributed by atoms with van der Waals surface area (Å²) in [6, 6.07) is 23.3. The number of carbonyl (C=O) groups excluding carboxylic acids is 1. The molecule has 140 valence electrons. The molecule has 0 bridgehead atoms. The van der Waals surface area contributed by atoms with Crippen LogP contribution in [0.2, 0.25) is 0 Å². The van der Waals surface area contributed by atoms with Crippen molar-refractivity contribution in [2.45, 2.75) is 6.92 Å². The SMILES string of the molecule is Cc1c(-c2cccc(NC(=O)c3cccc4ccccc34)c2)nc2ncccn12. The lowest BCUT2D eigenvalue weighted by Crippen LogP contribution is -2.12. The second-order valence-corrected chi connectivity index (χ2v) is 6.90. The quantitative estimate of drug-likeness (QED) is 0.475.